The molecule has 4 rings (SSSR count). The molecule has 2 aliphatic rings. The van der Waals surface area contributed by atoms with Crippen LogP contribution in [0.1, 0.15) is 49.2 Å². The highest BCUT2D eigenvalue weighted by atomic mass is 32.1. The molecule has 178 valence electrons. The van der Waals surface area contributed by atoms with Gasteiger partial charge in [-0.1, -0.05) is 26.0 Å². The van der Waals surface area contributed by atoms with Crippen molar-refractivity contribution in [3.05, 3.63) is 51.7 Å². The van der Waals surface area contributed by atoms with Crippen LogP contribution in [-0.4, -0.2) is 72.4 Å². The normalized spacial score (nSPS) is 21.2. The molecular weight excluding hydrogens is 434 g/mol. The second-order valence-corrected chi connectivity index (χ2v) is 10.6. The van der Waals surface area contributed by atoms with E-state index in [9.17, 15) is 9.59 Å². The summed E-state index contributed by atoms with van der Waals surface area (Å²) in [6.07, 6.45) is 1.54. The number of fused-ring (bicyclic) bond motifs is 1. The topological polar surface area (TPSA) is 53.1 Å². The van der Waals surface area contributed by atoms with E-state index in [1.54, 1.807) is 18.4 Å². The molecule has 2 aromatic rings. The summed E-state index contributed by atoms with van der Waals surface area (Å²) in [5.74, 6) is 1.53. The van der Waals surface area contributed by atoms with Crippen molar-refractivity contribution in [1.29, 1.82) is 0 Å². The van der Waals surface area contributed by atoms with Crippen LogP contribution in [0.2, 0.25) is 0 Å². The van der Waals surface area contributed by atoms with E-state index in [2.05, 4.69) is 49.3 Å². The maximum atomic E-state index is 13.4. The third kappa shape index (κ3) is 5.25. The van der Waals surface area contributed by atoms with Gasteiger partial charge in [0.2, 0.25) is 11.8 Å². The number of thiophene rings is 1. The Morgan fingerprint density at radius 1 is 1.09 bits per heavy atom. The molecule has 2 amide bonds. The van der Waals surface area contributed by atoms with Crippen LogP contribution in [0, 0.1) is 5.92 Å². The highest BCUT2D eigenvalue weighted by Gasteiger charge is 2.34. The van der Waals surface area contributed by atoms with Crippen LogP contribution in [0.25, 0.3) is 0 Å². The van der Waals surface area contributed by atoms with Crippen molar-refractivity contribution in [2.45, 2.75) is 45.7 Å². The van der Waals surface area contributed by atoms with Gasteiger partial charge in [-0.05, 0) is 54.0 Å². The summed E-state index contributed by atoms with van der Waals surface area (Å²) in [6.45, 7) is 9.27. The second kappa shape index (κ2) is 10.3. The lowest BCUT2D eigenvalue weighted by Gasteiger charge is -2.42. The maximum absolute atomic E-state index is 13.4. The number of methoxy groups -OCH3 is 1. The SMILES string of the molecule is COc1ccc([C@@H]2c3ccsc3CCN2CC(=O)N2CCN(C(=O)CC(C)C)[C@H](C)C2)cc1. The van der Waals surface area contributed by atoms with Crippen LogP contribution in [0.5, 0.6) is 5.75 Å². The first-order valence-corrected chi connectivity index (χ1v) is 12.8. The van der Waals surface area contributed by atoms with Crippen molar-refractivity contribution in [3.8, 4) is 5.75 Å². The summed E-state index contributed by atoms with van der Waals surface area (Å²) in [5, 5.41) is 2.15. The number of ether oxygens (including phenoxy) is 1. The predicted octanol–water partition coefficient (Wildman–Crippen LogP) is 3.81. The molecule has 0 aliphatic carbocycles. The number of amides is 2. The molecule has 3 heterocycles. The fourth-order valence-corrected chi connectivity index (χ4v) is 5.91. The Morgan fingerprint density at radius 3 is 2.52 bits per heavy atom. The molecule has 2 atom stereocenters. The first-order chi connectivity index (χ1) is 15.9. The van der Waals surface area contributed by atoms with Crippen molar-refractivity contribution in [2.75, 3.05) is 39.8 Å². The molecule has 1 saturated heterocycles. The first kappa shape index (κ1) is 23.8. The van der Waals surface area contributed by atoms with Crippen molar-refractivity contribution in [1.82, 2.24) is 14.7 Å². The van der Waals surface area contributed by atoms with Crippen LogP contribution in [-0.2, 0) is 16.0 Å². The van der Waals surface area contributed by atoms with Gasteiger partial charge in [0.05, 0.1) is 19.7 Å². The largest absolute Gasteiger partial charge is 0.497 e. The van der Waals surface area contributed by atoms with Gasteiger partial charge in [-0.25, -0.2) is 0 Å². The van der Waals surface area contributed by atoms with Crippen LogP contribution >= 0.6 is 11.3 Å². The van der Waals surface area contributed by atoms with Gasteiger partial charge in [0.1, 0.15) is 5.75 Å². The molecular formula is C26H35N3O3S. The molecule has 1 aromatic heterocycles. The number of nitrogens with zero attached hydrogens (tertiary/aromatic N) is 3. The standard InChI is InChI=1S/C26H35N3O3S/c1-18(2)15-24(30)29-13-12-27(16-19(29)3)25(31)17-28-11-9-23-22(10-14-33-23)26(28)20-5-7-21(32-4)8-6-20/h5-8,10,14,18-19,26H,9,11-13,15-17H2,1-4H3/t19-,26-/m1/s1. The lowest BCUT2D eigenvalue weighted by Crippen LogP contribution is -2.57. The van der Waals surface area contributed by atoms with Gasteiger partial charge in [0.25, 0.3) is 0 Å². The van der Waals surface area contributed by atoms with E-state index >= 15 is 0 Å². The van der Waals surface area contributed by atoms with Gasteiger partial charge in [-0.15, -0.1) is 11.3 Å². The lowest BCUT2D eigenvalue weighted by molar-refractivity contribution is -0.143. The van der Waals surface area contributed by atoms with Crippen LogP contribution in [0.3, 0.4) is 0 Å². The Hall–Kier alpha value is -2.38. The van der Waals surface area contributed by atoms with Crippen molar-refractivity contribution in [2.24, 2.45) is 5.92 Å². The zero-order chi connectivity index (χ0) is 23.5. The van der Waals surface area contributed by atoms with Crippen LogP contribution in [0.15, 0.2) is 35.7 Å². The predicted molar refractivity (Wildman–Crippen MR) is 132 cm³/mol. The van der Waals surface area contributed by atoms with Gasteiger partial charge in [-0.3, -0.25) is 14.5 Å². The zero-order valence-electron chi connectivity index (χ0n) is 20.1. The van der Waals surface area contributed by atoms with Crippen molar-refractivity contribution < 1.29 is 14.3 Å². The molecule has 0 radical (unpaired) electrons. The summed E-state index contributed by atoms with van der Waals surface area (Å²) >= 11 is 1.80. The van der Waals surface area contributed by atoms with Gasteiger partial charge in [-0.2, -0.15) is 0 Å². The molecule has 7 heteroatoms. The Balaban J connectivity index is 1.46. The zero-order valence-corrected chi connectivity index (χ0v) is 20.9. The lowest BCUT2D eigenvalue weighted by atomic mass is 9.93. The minimum absolute atomic E-state index is 0.0520. The second-order valence-electron chi connectivity index (χ2n) is 9.57. The molecule has 2 aliphatic heterocycles. The van der Waals surface area contributed by atoms with E-state index in [0.29, 0.717) is 38.5 Å². The Kier molecular flexibility index (Phi) is 7.39. The molecule has 0 N–H and O–H groups in total. The van der Waals surface area contributed by atoms with Gasteiger partial charge in [0, 0.05) is 43.5 Å². The summed E-state index contributed by atoms with van der Waals surface area (Å²) in [5.41, 5.74) is 2.49. The molecule has 33 heavy (non-hydrogen) atoms. The van der Waals surface area contributed by atoms with E-state index in [1.807, 2.05) is 21.9 Å². The third-order valence-electron chi connectivity index (χ3n) is 6.72. The molecule has 6 nitrogen and oxygen atoms in total. The van der Waals surface area contributed by atoms with Crippen molar-refractivity contribution >= 4 is 23.2 Å². The van der Waals surface area contributed by atoms with Crippen molar-refractivity contribution in [3.63, 3.8) is 0 Å². The Labute approximate surface area is 201 Å². The number of benzene rings is 1. The Morgan fingerprint density at radius 2 is 1.85 bits per heavy atom. The highest BCUT2D eigenvalue weighted by molar-refractivity contribution is 7.10. The first-order valence-electron chi connectivity index (χ1n) is 11.9. The quantitative estimate of drug-likeness (QED) is 0.646. The summed E-state index contributed by atoms with van der Waals surface area (Å²) in [7, 11) is 1.68. The molecule has 1 aromatic carbocycles. The number of rotatable bonds is 6. The minimum atomic E-state index is 0.0520. The molecule has 1 fully saturated rings. The summed E-state index contributed by atoms with van der Waals surface area (Å²) in [6, 6.07) is 10.5. The van der Waals surface area contributed by atoms with Gasteiger partial charge in [0.15, 0.2) is 0 Å². The molecule has 0 unspecified atom stereocenters. The molecule has 0 saturated carbocycles. The molecule has 0 spiro atoms. The fourth-order valence-electron chi connectivity index (χ4n) is 5.01. The maximum Gasteiger partial charge on any atom is 0.236 e. The summed E-state index contributed by atoms with van der Waals surface area (Å²) < 4.78 is 5.34. The average Bonchev–Trinajstić information content (AvgIpc) is 3.27. The third-order valence-corrected chi connectivity index (χ3v) is 7.72. The highest BCUT2D eigenvalue weighted by Crippen LogP contribution is 2.38. The number of piperazine rings is 1. The number of carbonyl (C=O) groups excluding carboxylic acids is 2. The van der Waals surface area contributed by atoms with E-state index in [0.717, 1.165) is 18.7 Å². The van der Waals surface area contributed by atoms with E-state index in [4.69, 9.17) is 4.74 Å². The van der Waals surface area contributed by atoms with E-state index in [-0.39, 0.29) is 23.9 Å². The smallest absolute Gasteiger partial charge is 0.236 e. The summed E-state index contributed by atoms with van der Waals surface area (Å²) in [4.78, 5) is 33.5. The number of carbonyl (C=O) groups is 2. The molecule has 0 bridgehead atoms. The number of hydrogen-bond acceptors (Lipinski definition) is 5. The average molecular weight is 470 g/mol. The van der Waals surface area contributed by atoms with E-state index < -0.39 is 0 Å². The van der Waals surface area contributed by atoms with E-state index in [1.165, 1.54) is 16.0 Å². The minimum Gasteiger partial charge on any atom is -0.497 e. The van der Waals surface area contributed by atoms with Crippen LogP contribution < -0.4 is 4.74 Å². The fraction of sp³-hybridized carbons (Fsp3) is 0.538. The van der Waals surface area contributed by atoms with Crippen LogP contribution in [0.4, 0.5) is 0 Å². The monoisotopic (exact) mass is 469 g/mol. The van der Waals surface area contributed by atoms with Gasteiger partial charge < -0.3 is 14.5 Å². The number of hydrogen-bond donors (Lipinski definition) is 0. The van der Waals surface area contributed by atoms with Gasteiger partial charge >= 0.3 is 0 Å². The Bertz CT molecular complexity index is 971.